The van der Waals surface area contributed by atoms with Crippen LogP contribution in [0.4, 0.5) is 5.69 Å². The van der Waals surface area contributed by atoms with E-state index in [1.165, 1.54) is 6.92 Å². The van der Waals surface area contributed by atoms with Gasteiger partial charge in [0, 0.05) is 29.8 Å². The molecule has 0 atom stereocenters. The molecule has 0 radical (unpaired) electrons. The van der Waals surface area contributed by atoms with Gasteiger partial charge in [-0.3, -0.25) is 4.79 Å². The van der Waals surface area contributed by atoms with Crippen LogP contribution in [0.5, 0.6) is 0 Å². The van der Waals surface area contributed by atoms with Crippen molar-refractivity contribution in [1.82, 2.24) is 5.32 Å². The topological polar surface area (TPSA) is 41.1 Å². The summed E-state index contributed by atoms with van der Waals surface area (Å²) in [6, 6.07) is 7.79. The molecule has 114 valence electrons. The number of allylic oxidation sites excluding steroid dienone is 4. The fourth-order valence-electron chi connectivity index (χ4n) is 1.93. The highest BCUT2D eigenvalue weighted by Gasteiger charge is 2.03. The van der Waals surface area contributed by atoms with E-state index in [4.69, 9.17) is 0 Å². The molecule has 0 bridgehead atoms. The third-order valence-corrected chi connectivity index (χ3v) is 4.07. The molecule has 1 amide bonds. The molecule has 0 saturated carbocycles. The van der Waals surface area contributed by atoms with Gasteiger partial charge in [0.25, 0.3) is 0 Å². The van der Waals surface area contributed by atoms with Gasteiger partial charge in [0.05, 0.1) is 0 Å². The molecule has 1 aromatic carbocycles. The molecule has 0 fully saturated rings. The Bertz CT molecular complexity index is 627. The minimum absolute atomic E-state index is 0.0620. The molecule has 1 aliphatic rings. The first-order chi connectivity index (χ1) is 10.6. The molecule has 0 saturated heterocycles. The van der Waals surface area contributed by atoms with Crippen molar-refractivity contribution in [3.8, 4) is 0 Å². The average molecular weight is 312 g/mol. The van der Waals surface area contributed by atoms with Gasteiger partial charge < -0.3 is 10.6 Å². The van der Waals surface area contributed by atoms with Crippen LogP contribution in [0.3, 0.4) is 0 Å². The lowest BCUT2D eigenvalue weighted by Crippen LogP contribution is -2.09. The zero-order chi connectivity index (χ0) is 15.8. The van der Waals surface area contributed by atoms with Crippen LogP contribution in [0, 0.1) is 0 Å². The van der Waals surface area contributed by atoms with Gasteiger partial charge in [0.15, 0.2) is 0 Å². The van der Waals surface area contributed by atoms with E-state index in [9.17, 15) is 4.79 Å². The number of carbonyl (C=O) groups excluding carboxylic acids is 1. The van der Waals surface area contributed by atoms with E-state index in [0.717, 1.165) is 34.0 Å². The fourth-order valence-corrected chi connectivity index (χ4v) is 2.84. The molecule has 0 aliphatic carbocycles. The van der Waals surface area contributed by atoms with Crippen LogP contribution >= 0.6 is 11.8 Å². The third kappa shape index (κ3) is 5.30. The number of amides is 1. The Hall–Kier alpha value is -2.20. The number of nitrogens with one attached hydrogen (secondary N) is 2. The maximum Gasteiger partial charge on any atom is 0.221 e. The van der Waals surface area contributed by atoms with E-state index in [2.05, 4.69) is 23.3 Å². The molecule has 1 aliphatic heterocycles. The molecule has 1 heterocycles. The molecule has 0 spiro atoms. The van der Waals surface area contributed by atoms with Crippen molar-refractivity contribution in [2.24, 2.45) is 0 Å². The van der Waals surface area contributed by atoms with Gasteiger partial charge in [-0.2, -0.15) is 0 Å². The van der Waals surface area contributed by atoms with Crippen molar-refractivity contribution in [3.05, 3.63) is 71.3 Å². The second-order valence-corrected chi connectivity index (χ2v) is 5.99. The molecular weight excluding hydrogens is 292 g/mol. The van der Waals surface area contributed by atoms with Gasteiger partial charge in [0.2, 0.25) is 5.91 Å². The van der Waals surface area contributed by atoms with Crippen molar-refractivity contribution in [2.75, 3.05) is 17.6 Å². The molecule has 3 nitrogen and oxygen atoms in total. The summed E-state index contributed by atoms with van der Waals surface area (Å²) in [7, 11) is 0. The van der Waals surface area contributed by atoms with Crippen LogP contribution in [-0.2, 0) is 4.79 Å². The SMILES string of the molecule is C=C1C=CC=CNCCSC1=Cc1ccc(NC(C)=O)cc1. The lowest BCUT2D eigenvalue weighted by atomic mass is 10.1. The molecule has 22 heavy (non-hydrogen) atoms. The Morgan fingerprint density at radius 3 is 2.82 bits per heavy atom. The summed E-state index contributed by atoms with van der Waals surface area (Å²) in [6.07, 6.45) is 10.0. The molecule has 0 aromatic heterocycles. The predicted octanol–water partition coefficient (Wildman–Crippen LogP) is 3.95. The smallest absolute Gasteiger partial charge is 0.221 e. The molecule has 2 N–H and O–H groups in total. The zero-order valence-electron chi connectivity index (χ0n) is 12.6. The van der Waals surface area contributed by atoms with Crippen LogP contribution in [0.25, 0.3) is 6.08 Å². The maximum atomic E-state index is 11.0. The van der Waals surface area contributed by atoms with E-state index in [0.29, 0.717) is 0 Å². The van der Waals surface area contributed by atoms with E-state index >= 15 is 0 Å². The van der Waals surface area contributed by atoms with Crippen LogP contribution < -0.4 is 10.6 Å². The summed E-state index contributed by atoms with van der Waals surface area (Å²) in [6.45, 7) is 6.56. The Morgan fingerprint density at radius 2 is 2.09 bits per heavy atom. The Kier molecular flexibility index (Phi) is 6.10. The Balaban J connectivity index is 2.17. The average Bonchev–Trinajstić information content (AvgIpc) is 2.49. The number of hydrogen-bond acceptors (Lipinski definition) is 3. The first kappa shape index (κ1) is 16.2. The summed E-state index contributed by atoms with van der Waals surface area (Å²) >= 11 is 1.78. The van der Waals surface area contributed by atoms with Gasteiger partial charge in [-0.25, -0.2) is 0 Å². The van der Waals surface area contributed by atoms with Crippen LogP contribution in [0.1, 0.15) is 12.5 Å². The van der Waals surface area contributed by atoms with Crippen molar-refractivity contribution < 1.29 is 4.79 Å². The van der Waals surface area contributed by atoms with Crippen molar-refractivity contribution >= 4 is 29.4 Å². The first-order valence-corrected chi connectivity index (χ1v) is 8.12. The van der Waals surface area contributed by atoms with Crippen LogP contribution in [-0.4, -0.2) is 18.2 Å². The number of carbonyl (C=O) groups is 1. The van der Waals surface area contributed by atoms with Gasteiger partial charge >= 0.3 is 0 Å². The number of hydrogen-bond donors (Lipinski definition) is 2. The number of benzene rings is 1. The Morgan fingerprint density at radius 1 is 1.32 bits per heavy atom. The minimum atomic E-state index is -0.0620. The molecular formula is C18H20N2OS. The van der Waals surface area contributed by atoms with Crippen molar-refractivity contribution in [1.29, 1.82) is 0 Å². The first-order valence-electron chi connectivity index (χ1n) is 7.13. The molecule has 2 rings (SSSR count). The van der Waals surface area contributed by atoms with Crippen LogP contribution in [0.15, 0.2) is 65.8 Å². The van der Waals surface area contributed by atoms with E-state index in [-0.39, 0.29) is 5.91 Å². The third-order valence-electron chi connectivity index (χ3n) is 2.97. The van der Waals surface area contributed by atoms with Gasteiger partial charge in [-0.15, -0.1) is 11.8 Å². The minimum Gasteiger partial charge on any atom is -0.390 e. The number of anilines is 1. The lowest BCUT2D eigenvalue weighted by molar-refractivity contribution is -0.114. The summed E-state index contributed by atoms with van der Waals surface area (Å²) in [4.78, 5) is 12.2. The number of rotatable bonds is 2. The zero-order valence-corrected chi connectivity index (χ0v) is 13.5. The van der Waals surface area contributed by atoms with Gasteiger partial charge in [-0.05, 0) is 41.6 Å². The second kappa shape index (κ2) is 8.29. The van der Waals surface area contributed by atoms with Gasteiger partial charge in [-0.1, -0.05) is 30.9 Å². The highest BCUT2D eigenvalue weighted by Crippen LogP contribution is 2.27. The summed E-state index contributed by atoms with van der Waals surface area (Å²) < 4.78 is 0. The quantitative estimate of drug-likeness (QED) is 0.869. The lowest BCUT2D eigenvalue weighted by Gasteiger charge is -2.10. The van der Waals surface area contributed by atoms with Gasteiger partial charge in [0.1, 0.15) is 0 Å². The van der Waals surface area contributed by atoms with Crippen molar-refractivity contribution in [3.63, 3.8) is 0 Å². The summed E-state index contributed by atoms with van der Waals surface area (Å²) in [5, 5.41) is 6.00. The molecule has 4 heteroatoms. The number of thioether (sulfide) groups is 1. The second-order valence-electron chi connectivity index (χ2n) is 4.86. The van der Waals surface area contributed by atoms with E-state index < -0.39 is 0 Å². The molecule has 0 unspecified atom stereocenters. The highest BCUT2D eigenvalue weighted by molar-refractivity contribution is 8.03. The predicted molar refractivity (Wildman–Crippen MR) is 96.6 cm³/mol. The maximum absolute atomic E-state index is 11.0. The fraction of sp³-hybridized carbons (Fsp3) is 0.167. The van der Waals surface area contributed by atoms with Crippen molar-refractivity contribution in [2.45, 2.75) is 6.92 Å². The normalized spacial score (nSPS) is 17.1. The van der Waals surface area contributed by atoms with E-state index in [1.54, 1.807) is 11.8 Å². The van der Waals surface area contributed by atoms with E-state index in [1.807, 2.05) is 48.7 Å². The standard InChI is InChI=1S/C18H20N2OS/c1-14-5-3-4-10-19-11-12-22-18(14)13-16-6-8-17(9-7-16)20-15(2)21/h3-10,13,19H,1,11-12H2,2H3,(H,20,21). The van der Waals surface area contributed by atoms with Crippen LogP contribution in [0.2, 0.25) is 0 Å². The Labute approximate surface area is 135 Å². The largest absolute Gasteiger partial charge is 0.390 e. The monoisotopic (exact) mass is 312 g/mol. The highest BCUT2D eigenvalue weighted by atomic mass is 32.2. The molecule has 1 aromatic rings. The summed E-state index contributed by atoms with van der Waals surface area (Å²) in [5.74, 6) is 0.917. The summed E-state index contributed by atoms with van der Waals surface area (Å²) in [5.41, 5.74) is 2.90.